The van der Waals surface area contributed by atoms with Gasteiger partial charge in [-0.05, 0) is 12.1 Å². The molecule has 8 heteroatoms. The summed E-state index contributed by atoms with van der Waals surface area (Å²) in [5.41, 5.74) is -2.30. The molecule has 0 radical (unpaired) electrons. The van der Waals surface area contributed by atoms with Crippen LogP contribution in [0.3, 0.4) is 0 Å². The van der Waals surface area contributed by atoms with E-state index in [-0.39, 0.29) is 28.5 Å². The van der Waals surface area contributed by atoms with Gasteiger partial charge in [0.05, 0.1) is 11.4 Å². The molecule has 1 aromatic carbocycles. The largest absolute Gasteiger partial charge is 0.478 e. The average Bonchev–Trinajstić information content (AvgIpc) is 2.51. The molecule has 8 nitrogen and oxygen atoms in total. The van der Waals surface area contributed by atoms with Gasteiger partial charge < -0.3 is 21.1 Å². The topological polar surface area (TPSA) is 125 Å². The summed E-state index contributed by atoms with van der Waals surface area (Å²) in [6.45, 7) is 15.3. The monoisotopic (exact) mass is 419 g/mol. The van der Waals surface area contributed by atoms with Gasteiger partial charge in [-0.25, -0.2) is 4.79 Å². The lowest BCUT2D eigenvalue weighted by molar-refractivity contribution is -0.123. The highest BCUT2D eigenvalue weighted by molar-refractivity contribution is 6.10. The van der Waals surface area contributed by atoms with Crippen LogP contribution in [0.4, 0.5) is 17.1 Å². The molecule has 4 N–H and O–H groups in total. The molecule has 0 aromatic heterocycles. The fourth-order valence-electron chi connectivity index (χ4n) is 2.08. The maximum atomic E-state index is 12.5. The summed E-state index contributed by atoms with van der Waals surface area (Å²) in [6, 6.07) is 2.76. The van der Waals surface area contributed by atoms with Gasteiger partial charge in [0.15, 0.2) is 0 Å². The van der Waals surface area contributed by atoms with Crippen molar-refractivity contribution in [3.63, 3.8) is 0 Å². The SMILES string of the molecule is CC(C)(C)C(=O)Nc1cc(NC(=O)C(C)(C)C)c(C(=O)O)c(NC(=O)C(C)(C)C)c1. The van der Waals surface area contributed by atoms with E-state index in [1.54, 1.807) is 62.3 Å². The lowest BCUT2D eigenvalue weighted by atomic mass is 9.94. The zero-order valence-electron chi connectivity index (χ0n) is 19.2. The van der Waals surface area contributed by atoms with Crippen LogP contribution < -0.4 is 16.0 Å². The van der Waals surface area contributed by atoms with Gasteiger partial charge >= 0.3 is 5.97 Å². The molecule has 0 spiro atoms. The molecular formula is C22H33N3O5. The Labute approximate surface area is 177 Å². The molecule has 3 amide bonds. The van der Waals surface area contributed by atoms with Crippen molar-refractivity contribution in [1.82, 2.24) is 0 Å². The summed E-state index contributed by atoms with van der Waals surface area (Å²) in [5.74, 6) is -2.43. The van der Waals surface area contributed by atoms with E-state index in [1.807, 2.05) is 0 Å². The van der Waals surface area contributed by atoms with E-state index < -0.39 is 34.0 Å². The van der Waals surface area contributed by atoms with Gasteiger partial charge in [0.2, 0.25) is 17.7 Å². The fourth-order valence-corrected chi connectivity index (χ4v) is 2.08. The number of hydrogen-bond donors (Lipinski definition) is 4. The minimum absolute atomic E-state index is 0.0154. The number of amides is 3. The van der Waals surface area contributed by atoms with Crippen molar-refractivity contribution >= 4 is 40.8 Å². The lowest BCUT2D eigenvalue weighted by Crippen LogP contribution is -2.31. The third kappa shape index (κ3) is 6.57. The molecule has 1 rings (SSSR count). The summed E-state index contributed by atoms with van der Waals surface area (Å²) in [7, 11) is 0. The van der Waals surface area contributed by atoms with Crippen molar-refractivity contribution in [2.45, 2.75) is 62.3 Å². The second-order valence-electron chi connectivity index (χ2n) is 10.4. The number of benzene rings is 1. The Morgan fingerprint density at radius 3 is 1.20 bits per heavy atom. The van der Waals surface area contributed by atoms with E-state index >= 15 is 0 Å². The summed E-state index contributed by atoms with van der Waals surface area (Å²) >= 11 is 0. The molecule has 30 heavy (non-hydrogen) atoms. The molecule has 1 aromatic rings. The lowest BCUT2D eigenvalue weighted by Gasteiger charge is -2.24. The van der Waals surface area contributed by atoms with Crippen LogP contribution >= 0.6 is 0 Å². The number of carbonyl (C=O) groups excluding carboxylic acids is 3. The highest BCUT2D eigenvalue weighted by Crippen LogP contribution is 2.33. The first kappa shape index (κ1) is 25.1. The van der Waals surface area contributed by atoms with E-state index in [0.717, 1.165) is 0 Å². The number of carboxylic acid groups (broad SMARTS) is 1. The third-order valence-corrected chi connectivity index (χ3v) is 4.15. The molecular weight excluding hydrogens is 386 g/mol. The normalized spacial score (nSPS) is 12.2. The number of carbonyl (C=O) groups is 4. The highest BCUT2D eigenvalue weighted by Gasteiger charge is 2.29. The quantitative estimate of drug-likeness (QED) is 0.578. The molecule has 0 saturated carbocycles. The van der Waals surface area contributed by atoms with Crippen LogP contribution in [0.15, 0.2) is 12.1 Å². The molecule has 0 unspecified atom stereocenters. The van der Waals surface area contributed by atoms with Crippen molar-refractivity contribution in [3.05, 3.63) is 17.7 Å². The summed E-state index contributed by atoms with van der Waals surface area (Å²) < 4.78 is 0. The molecule has 166 valence electrons. The van der Waals surface area contributed by atoms with Crippen molar-refractivity contribution in [3.8, 4) is 0 Å². The minimum Gasteiger partial charge on any atom is -0.478 e. The summed E-state index contributed by atoms with van der Waals surface area (Å²) in [6.07, 6.45) is 0. The van der Waals surface area contributed by atoms with Gasteiger partial charge in [-0.1, -0.05) is 62.3 Å². The van der Waals surface area contributed by atoms with E-state index in [1.165, 1.54) is 12.1 Å². The van der Waals surface area contributed by atoms with Crippen molar-refractivity contribution in [1.29, 1.82) is 0 Å². The number of anilines is 3. The van der Waals surface area contributed by atoms with Gasteiger partial charge in [0.1, 0.15) is 5.56 Å². The molecule has 0 heterocycles. The number of nitrogens with one attached hydrogen (secondary N) is 3. The van der Waals surface area contributed by atoms with Crippen LogP contribution in [0.25, 0.3) is 0 Å². The molecule has 0 aliphatic rings. The zero-order chi connectivity index (χ0) is 23.7. The number of carboxylic acids is 1. The maximum absolute atomic E-state index is 12.5. The molecule has 0 aliphatic heterocycles. The van der Waals surface area contributed by atoms with E-state index in [2.05, 4.69) is 16.0 Å². The van der Waals surface area contributed by atoms with Crippen molar-refractivity contribution in [2.24, 2.45) is 16.2 Å². The van der Waals surface area contributed by atoms with Crippen molar-refractivity contribution < 1.29 is 24.3 Å². The first-order valence-electron chi connectivity index (χ1n) is 9.69. The molecule has 0 fully saturated rings. The second-order valence-corrected chi connectivity index (χ2v) is 10.4. The van der Waals surface area contributed by atoms with E-state index in [4.69, 9.17) is 0 Å². The van der Waals surface area contributed by atoms with Crippen molar-refractivity contribution in [2.75, 3.05) is 16.0 Å². The predicted octanol–water partition coefficient (Wildman–Crippen LogP) is 4.34. The van der Waals surface area contributed by atoms with Crippen LogP contribution in [0.5, 0.6) is 0 Å². The maximum Gasteiger partial charge on any atom is 0.339 e. The van der Waals surface area contributed by atoms with Crippen LogP contribution in [0.2, 0.25) is 0 Å². The fraction of sp³-hybridized carbons (Fsp3) is 0.545. The van der Waals surface area contributed by atoms with Gasteiger partial charge in [-0.15, -0.1) is 0 Å². The van der Waals surface area contributed by atoms with Crippen LogP contribution in [-0.2, 0) is 14.4 Å². The van der Waals surface area contributed by atoms with Gasteiger partial charge in [-0.3, -0.25) is 14.4 Å². The van der Waals surface area contributed by atoms with Crippen LogP contribution in [0, 0.1) is 16.2 Å². The smallest absolute Gasteiger partial charge is 0.339 e. The first-order valence-corrected chi connectivity index (χ1v) is 9.69. The Balaban J connectivity index is 3.62. The summed E-state index contributed by atoms with van der Waals surface area (Å²) in [5, 5.41) is 17.7. The molecule has 0 bridgehead atoms. The Bertz CT molecular complexity index is 819. The predicted molar refractivity (Wildman–Crippen MR) is 118 cm³/mol. The number of rotatable bonds is 4. The van der Waals surface area contributed by atoms with Crippen LogP contribution in [0.1, 0.15) is 72.7 Å². The Kier molecular flexibility index (Phi) is 7.08. The van der Waals surface area contributed by atoms with E-state index in [9.17, 15) is 24.3 Å². The average molecular weight is 420 g/mol. The molecule has 0 aliphatic carbocycles. The van der Waals surface area contributed by atoms with Gasteiger partial charge in [-0.2, -0.15) is 0 Å². The minimum atomic E-state index is -1.32. The first-order chi connectivity index (χ1) is 13.3. The summed E-state index contributed by atoms with van der Waals surface area (Å²) in [4.78, 5) is 49.5. The third-order valence-electron chi connectivity index (χ3n) is 4.15. The molecule has 0 saturated heterocycles. The van der Waals surface area contributed by atoms with Gasteiger partial charge in [0, 0.05) is 21.9 Å². The Morgan fingerprint density at radius 2 is 0.933 bits per heavy atom. The highest BCUT2D eigenvalue weighted by atomic mass is 16.4. The van der Waals surface area contributed by atoms with Crippen LogP contribution in [-0.4, -0.2) is 28.8 Å². The zero-order valence-corrected chi connectivity index (χ0v) is 19.2. The second kappa shape index (κ2) is 8.45. The number of hydrogen-bond acceptors (Lipinski definition) is 4. The number of aromatic carboxylic acids is 1. The Morgan fingerprint density at radius 1 is 0.633 bits per heavy atom. The van der Waals surface area contributed by atoms with E-state index in [0.29, 0.717) is 0 Å². The standard InChI is InChI=1S/C22H33N3O5/c1-20(2,3)17(28)23-12-10-13(24-18(29)21(4,5)6)15(16(26)27)14(11-12)25-19(30)22(7,8)9/h10-11H,1-9H3,(H,23,28)(H,24,29)(H,25,30)(H,26,27). The Hall–Kier alpha value is -2.90. The van der Waals surface area contributed by atoms with Gasteiger partial charge in [0.25, 0.3) is 0 Å². The molecule has 0 atom stereocenters.